The second-order valence-corrected chi connectivity index (χ2v) is 6.66. The van der Waals surface area contributed by atoms with Gasteiger partial charge in [-0.25, -0.2) is 0 Å². The molecule has 0 bridgehead atoms. The molecule has 1 aliphatic rings. The Balaban J connectivity index is 0.00000261. The van der Waals surface area contributed by atoms with Crippen LogP contribution in [0, 0.1) is 5.92 Å². The van der Waals surface area contributed by atoms with Gasteiger partial charge in [-0.1, -0.05) is 0 Å². The number of methoxy groups -OCH3 is 2. The van der Waals surface area contributed by atoms with Crippen LogP contribution in [0.5, 0.6) is 11.5 Å². The molecule has 148 valence electrons. The molecule has 1 saturated heterocycles. The number of benzene rings is 1. The van der Waals surface area contributed by atoms with Crippen LogP contribution in [0.2, 0.25) is 0 Å². The third kappa shape index (κ3) is 4.54. The first-order valence-corrected chi connectivity index (χ1v) is 8.75. The van der Waals surface area contributed by atoms with E-state index in [0.717, 1.165) is 29.2 Å². The molecule has 8 heteroatoms. The third-order valence-electron chi connectivity index (χ3n) is 4.97. The summed E-state index contributed by atoms with van der Waals surface area (Å²) in [5, 5.41) is 10.7. The molecular formula is C19H27ClN4O3. The van der Waals surface area contributed by atoms with E-state index in [4.69, 9.17) is 9.47 Å². The molecule has 0 aliphatic carbocycles. The summed E-state index contributed by atoms with van der Waals surface area (Å²) in [4.78, 5) is 12.9. The number of carbonyl (C=O) groups is 1. The van der Waals surface area contributed by atoms with Crippen molar-refractivity contribution < 1.29 is 14.3 Å². The molecule has 0 radical (unpaired) electrons. The van der Waals surface area contributed by atoms with Crippen molar-refractivity contribution in [2.24, 2.45) is 13.0 Å². The lowest BCUT2D eigenvalue weighted by molar-refractivity contribution is -0.125. The Morgan fingerprint density at radius 2 is 2.11 bits per heavy atom. The summed E-state index contributed by atoms with van der Waals surface area (Å²) in [5.41, 5.74) is 1.98. The second-order valence-electron chi connectivity index (χ2n) is 6.66. The number of rotatable bonds is 6. The molecule has 1 fully saturated rings. The maximum absolute atomic E-state index is 12.9. The van der Waals surface area contributed by atoms with Gasteiger partial charge in [-0.2, -0.15) is 5.10 Å². The van der Waals surface area contributed by atoms with Gasteiger partial charge in [0.05, 0.1) is 32.4 Å². The summed E-state index contributed by atoms with van der Waals surface area (Å²) >= 11 is 0. The Kier molecular flexibility index (Phi) is 7.10. The van der Waals surface area contributed by atoms with Crippen LogP contribution in [0.15, 0.2) is 30.6 Å². The summed E-state index contributed by atoms with van der Waals surface area (Å²) < 4.78 is 12.5. The molecule has 0 saturated carbocycles. The molecule has 2 N–H and O–H groups in total. The summed E-state index contributed by atoms with van der Waals surface area (Å²) in [6.45, 7) is 3.39. The first-order valence-electron chi connectivity index (χ1n) is 8.75. The molecule has 1 aromatic carbocycles. The van der Waals surface area contributed by atoms with E-state index in [-0.39, 0.29) is 36.2 Å². The molecule has 0 spiro atoms. The predicted molar refractivity (Wildman–Crippen MR) is 106 cm³/mol. The Morgan fingerprint density at radius 3 is 2.74 bits per heavy atom. The van der Waals surface area contributed by atoms with Crippen molar-refractivity contribution in [1.82, 2.24) is 20.4 Å². The Bertz CT molecular complexity index is 780. The van der Waals surface area contributed by atoms with E-state index in [1.807, 2.05) is 44.6 Å². The molecule has 2 aromatic rings. The highest BCUT2D eigenvalue weighted by atomic mass is 35.5. The lowest BCUT2D eigenvalue weighted by Gasteiger charge is -2.22. The topological polar surface area (TPSA) is 77.4 Å². The van der Waals surface area contributed by atoms with Crippen LogP contribution in [0.1, 0.15) is 30.0 Å². The summed E-state index contributed by atoms with van der Waals surface area (Å²) in [7, 11) is 5.13. The minimum Gasteiger partial charge on any atom is -0.497 e. The van der Waals surface area contributed by atoms with Gasteiger partial charge in [-0.15, -0.1) is 12.4 Å². The Morgan fingerprint density at radius 1 is 1.33 bits per heavy atom. The number of aromatic nitrogens is 2. The quantitative estimate of drug-likeness (QED) is 0.784. The zero-order valence-electron chi connectivity index (χ0n) is 16.1. The number of nitrogens with one attached hydrogen (secondary N) is 2. The van der Waals surface area contributed by atoms with Gasteiger partial charge in [-0.3, -0.25) is 9.48 Å². The molecule has 7 nitrogen and oxygen atoms in total. The van der Waals surface area contributed by atoms with Crippen LogP contribution in [0.3, 0.4) is 0 Å². The number of nitrogens with zero attached hydrogens (tertiary/aromatic N) is 2. The number of hydrogen-bond acceptors (Lipinski definition) is 5. The highest BCUT2D eigenvalue weighted by Crippen LogP contribution is 2.31. The molecule has 3 atom stereocenters. The van der Waals surface area contributed by atoms with Crippen molar-refractivity contribution in [1.29, 1.82) is 0 Å². The lowest BCUT2D eigenvalue weighted by atomic mass is 9.90. The summed E-state index contributed by atoms with van der Waals surface area (Å²) in [5.74, 6) is 1.49. The highest BCUT2D eigenvalue weighted by Gasteiger charge is 2.35. The average molecular weight is 395 g/mol. The lowest BCUT2D eigenvalue weighted by Crippen LogP contribution is -2.36. The number of carbonyl (C=O) groups excluding carboxylic acids is 1. The summed E-state index contributed by atoms with van der Waals surface area (Å²) in [6.07, 6.45) is 3.82. The van der Waals surface area contributed by atoms with Crippen LogP contribution in [-0.2, 0) is 11.8 Å². The molecule has 2 heterocycles. The van der Waals surface area contributed by atoms with Crippen molar-refractivity contribution in [2.75, 3.05) is 27.3 Å². The fraction of sp³-hybridized carbons (Fsp3) is 0.474. The zero-order valence-corrected chi connectivity index (χ0v) is 16.9. The van der Waals surface area contributed by atoms with E-state index < -0.39 is 0 Å². The molecular weight excluding hydrogens is 368 g/mol. The number of amides is 1. The van der Waals surface area contributed by atoms with Crippen LogP contribution < -0.4 is 20.1 Å². The monoisotopic (exact) mass is 394 g/mol. The van der Waals surface area contributed by atoms with Gasteiger partial charge in [-0.05, 0) is 30.7 Å². The van der Waals surface area contributed by atoms with Crippen molar-refractivity contribution in [3.05, 3.63) is 41.7 Å². The van der Waals surface area contributed by atoms with Crippen LogP contribution >= 0.6 is 12.4 Å². The van der Waals surface area contributed by atoms with E-state index in [1.165, 1.54) is 0 Å². The van der Waals surface area contributed by atoms with Crippen LogP contribution in [0.25, 0.3) is 0 Å². The average Bonchev–Trinajstić information content (AvgIpc) is 3.29. The SMILES string of the molecule is COc1ccc(OC)c(C(C)NC(=O)[C@H]2CNC[C@@H]2c2cnn(C)c2)c1.Cl. The Hall–Kier alpha value is -2.25. The van der Waals surface area contributed by atoms with E-state index >= 15 is 0 Å². The number of halogens is 1. The number of ether oxygens (including phenoxy) is 2. The van der Waals surface area contributed by atoms with Gasteiger partial charge in [0.2, 0.25) is 5.91 Å². The number of aryl methyl sites for hydroxylation is 1. The van der Waals surface area contributed by atoms with Crippen molar-refractivity contribution in [2.45, 2.75) is 18.9 Å². The van der Waals surface area contributed by atoms with Gasteiger partial charge in [0.25, 0.3) is 0 Å². The van der Waals surface area contributed by atoms with E-state index in [1.54, 1.807) is 18.9 Å². The van der Waals surface area contributed by atoms with Gasteiger partial charge >= 0.3 is 0 Å². The minimum atomic E-state index is -0.192. The van der Waals surface area contributed by atoms with Crippen LogP contribution in [0.4, 0.5) is 0 Å². The fourth-order valence-electron chi connectivity index (χ4n) is 3.51. The van der Waals surface area contributed by atoms with E-state index in [9.17, 15) is 4.79 Å². The normalized spacial score (nSPS) is 19.9. The Labute approximate surface area is 165 Å². The van der Waals surface area contributed by atoms with Crippen molar-refractivity contribution >= 4 is 18.3 Å². The zero-order chi connectivity index (χ0) is 18.7. The second kappa shape index (κ2) is 9.10. The first-order chi connectivity index (χ1) is 12.5. The maximum atomic E-state index is 12.9. The molecule has 1 aromatic heterocycles. The van der Waals surface area contributed by atoms with Crippen molar-refractivity contribution in [3.63, 3.8) is 0 Å². The maximum Gasteiger partial charge on any atom is 0.225 e. The van der Waals surface area contributed by atoms with Gasteiger partial charge in [0.15, 0.2) is 0 Å². The van der Waals surface area contributed by atoms with Gasteiger partial charge in [0, 0.05) is 37.8 Å². The standard InChI is InChI=1S/C19H26N4O3.ClH/c1-12(15-7-14(25-3)5-6-18(15)26-4)22-19(24)17-10-20-9-16(17)13-8-21-23(2)11-13;/h5-8,11-12,16-17,20H,9-10H2,1-4H3,(H,22,24);1H/t12?,16-,17+;/m1./s1. The van der Waals surface area contributed by atoms with Gasteiger partial charge in [0.1, 0.15) is 11.5 Å². The third-order valence-corrected chi connectivity index (χ3v) is 4.97. The summed E-state index contributed by atoms with van der Waals surface area (Å²) in [6, 6.07) is 5.40. The predicted octanol–water partition coefficient (Wildman–Crippen LogP) is 2.04. The van der Waals surface area contributed by atoms with E-state index in [0.29, 0.717) is 6.54 Å². The molecule has 3 rings (SSSR count). The minimum absolute atomic E-state index is 0. The fourth-order valence-corrected chi connectivity index (χ4v) is 3.51. The smallest absolute Gasteiger partial charge is 0.225 e. The van der Waals surface area contributed by atoms with E-state index in [2.05, 4.69) is 15.7 Å². The first kappa shape index (κ1) is 21.1. The van der Waals surface area contributed by atoms with Gasteiger partial charge < -0.3 is 20.1 Å². The molecule has 1 amide bonds. The molecule has 1 unspecified atom stereocenters. The molecule has 1 aliphatic heterocycles. The molecule has 27 heavy (non-hydrogen) atoms. The largest absolute Gasteiger partial charge is 0.497 e. The van der Waals surface area contributed by atoms with Crippen molar-refractivity contribution in [3.8, 4) is 11.5 Å². The van der Waals surface area contributed by atoms with Crippen LogP contribution in [-0.4, -0.2) is 43.0 Å². The highest BCUT2D eigenvalue weighted by molar-refractivity contribution is 5.85. The number of hydrogen-bond donors (Lipinski definition) is 2.